The number of hydrogen-bond donors (Lipinski definition) is 4. The molecule has 2 atom stereocenters. The standard InChI is InChI=1S/C32H26N4O2/c37-35(33-29-15-9-23-5-1-3-7-27(23)21-29)31-17-11-25(12-18-31)26-13-19-32(20-14-26)36(38)34-30-16-10-24-6-2-4-8-28(24)22-30/h1-22,33-36H. The van der Waals surface area contributed by atoms with Gasteiger partial charge in [0.2, 0.25) is 0 Å². The number of hydrogen-bond acceptors (Lipinski definition) is 4. The molecule has 38 heavy (non-hydrogen) atoms. The molecule has 6 aromatic rings. The normalized spacial score (nSPS) is 12.8. The first-order valence-electron chi connectivity index (χ1n) is 12.4. The summed E-state index contributed by atoms with van der Waals surface area (Å²) in [5.41, 5.74) is 10.6. The van der Waals surface area contributed by atoms with Crippen molar-refractivity contribution in [3.63, 3.8) is 0 Å². The molecule has 0 spiro atoms. The third-order valence-electron chi connectivity index (χ3n) is 6.64. The van der Waals surface area contributed by atoms with E-state index in [-0.39, 0.29) is 10.3 Å². The number of rotatable bonds is 7. The molecule has 0 amide bonds. The summed E-state index contributed by atoms with van der Waals surface area (Å²) in [6.07, 6.45) is 0. The van der Waals surface area contributed by atoms with Crippen molar-refractivity contribution in [2.24, 2.45) is 0 Å². The van der Waals surface area contributed by atoms with Gasteiger partial charge < -0.3 is 10.4 Å². The molecular formula is C32H26N4O2. The molecule has 0 bridgehead atoms. The Morgan fingerprint density at radius 2 is 0.763 bits per heavy atom. The summed E-state index contributed by atoms with van der Waals surface area (Å²) >= 11 is 0. The summed E-state index contributed by atoms with van der Waals surface area (Å²) in [4.78, 5) is 0. The maximum atomic E-state index is 12.8. The second-order valence-corrected chi connectivity index (χ2v) is 9.19. The number of anilines is 2. The van der Waals surface area contributed by atoms with E-state index in [2.05, 4.69) is 10.9 Å². The molecule has 4 N–H and O–H groups in total. The quantitative estimate of drug-likeness (QED) is 0.212. The molecule has 0 saturated carbocycles. The lowest BCUT2D eigenvalue weighted by Crippen LogP contribution is -3.05. The SMILES string of the molecule is [O-][NH+](Nc1ccc2ccccc2c1)c1ccc(-c2ccc([NH+]([O-])Nc3ccc4ccccc4c3)cc2)cc1. The third-order valence-corrected chi connectivity index (χ3v) is 6.64. The molecule has 6 aromatic carbocycles. The fraction of sp³-hybridized carbons (Fsp3) is 0. The van der Waals surface area contributed by atoms with Crippen LogP contribution in [0.5, 0.6) is 0 Å². The second-order valence-electron chi connectivity index (χ2n) is 9.19. The van der Waals surface area contributed by atoms with Crippen LogP contribution in [0.15, 0.2) is 133 Å². The minimum Gasteiger partial charge on any atom is -0.603 e. The minimum atomic E-state index is -0.160. The van der Waals surface area contributed by atoms with E-state index in [1.807, 2.05) is 133 Å². The van der Waals surface area contributed by atoms with Crippen molar-refractivity contribution in [2.75, 3.05) is 10.9 Å². The van der Waals surface area contributed by atoms with Gasteiger partial charge in [0.15, 0.2) is 11.4 Å². The smallest absolute Gasteiger partial charge is 0.155 e. The second kappa shape index (κ2) is 10.3. The lowest BCUT2D eigenvalue weighted by Gasteiger charge is -2.23. The highest BCUT2D eigenvalue weighted by Crippen LogP contribution is 2.23. The Morgan fingerprint density at radius 1 is 0.395 bits per heavy atom. The molecule has 0 aliphatic rings. The van der Waals surface area contributed by atoms with Crippen LogP contribution < -0.4 is 21.2 Å². The first-order chi connectivity index (χ1) is 18.6. The Balaban J connectivity index is 1.11. The number of quaternary nitrogens is 2. The van der Waals surface area contributed by atoms with Crippen LogP contribution in [0.25, 0.3) is 32.7 Å². The molecule has 186 valence electrons. The number of benzene rings is 6. The molecule has 0 aliphatic carbocycles. The first-order valence-corrected chi connectivity index (χ1v) is 12.4. The van der Waals surface area contributed by atoms with Crippen LogP contribution in [0.4, 0.5) is 22.7 Å². The van der Waals surface area contributed by atoms with Crippen LogP contribution >= 0.6 is 0 Å². The highest BCUT2D eigenvalue weighted by Gasteiger charge is 2.08. The van der Waals surface area contributed by atoms with Crippen LogP contribution in [0.1, 0.15) is 0 Å². The van der Waals surface area contributed by atoms with Crippen molar-refractivity contribution in [1.82, 2.24) is 0 Å². The Labute approximate surface area is 220 Å². The molecule has 0 radical (unpaired) electrons. The Bertz CT molecular complexity index is 1570. The summed E-state index contributed by atoms with van der Waals surface area (Å²) in [5, 5.41) is 29.7. The summed E-state index contributed by atoms with van der Waals surface area (Å²) in [7, 11) is 0. The minimum absolute atomic E-state index is 0.160. The van der Waals surface area contributed by atoms with Gasteiger partial charge in [0.05, 0.1) is 11.4 Å². The van der Waals surface area contributed by atoms with Crippen molar-refractivity contribution < 1.29 is 10.3 Å². The van der Waals surface area contributed by atoms with E-state index in [1.54, 1.807) is 0 Å². The van der Waals surface area contributed by atoms with Crippen LogP contribution in [0, 0.1) is 10.4 Å². The largest absolute Gasteiger partial charge is 0.603 e. The maximum Gasteiger partial charge on any atom is 0.155 e. The average Bonchev–Trinajstić information content (AvgIpc) is 2.97. The first kappa shape index (κ1) is 23.7. The molecule has 0 aliphatic heterocycles. The van der Waals surface area contributed by atoms with Gasteiger partial charge in [0.25, 0.3) is 0 Å². The van der Waals surface area contributed by atoms with Gasteiger partial charge in [-0.2, -0.15) is 0 Å². The van der Waals surface area contributed by atoms with Gasteiger partial charge in [0.1, 0.15) is 0 Å². The van der Waals surface area contributed by atoms with Gasteiger partial charge in [-0.1, -0.05) is 60.7 Å². The van der Waals surface area contributed by atoms with Gasteiger partial charge in [-0.3, -0.25) is 0 Å². The van der Waals surface area contributed by atoms with Gasteiger partial charge in [-0.25, -0.2) is 21.2 Å². The lowest BCUT2D eigenvalue weighted by atomic mass is 10.1. The van der Waals surface area contributed by atoms with Crippen LogP contribution in [-0.2, 0) is 0 Å². The zero-order chi connectivity index (χ0) is 25.9. The predicted octanol–water partition coefficient (Wildman–Crippen LogP) is 5.74. The fourth-order valence-electron chi connectivity index (χ4n) is 4.57. The van der Waals surface area contributed by atoms with Gasteiger partial charge >= 0.3 is 0 Å². The van der Waals surface area contributed by atoms with E-state index in [0.717, 1.165) is 44.0 Å². The summed E-state index contributed by atoms with van der Waals surface area (Å²) in [5.74, 6) is 0. The number of fused-ring (bicyclic) bond motifs is 2. The summed E-state index contributed by atoms with van der Waals surface area (Å²) in [6.45, 7) is 0. The van der Waals surface area contributed by atoms with Crippen molar-refractivity contribution in [1.29, 1.82) is 0 Å². The average molecular weight is 499 g/mol. The van der Waals surface area contributed by atoms with E-state index < -0.39 is 0 Å². The van der Waals surface area contributed by atoms with E-state index in [4.69, 9.17) is 0 Å². The molecular weight excluding hydrogens is 472 g/mol. The summed E-state index contributed by atoms with van der Waals surface area (Å²) in [6, 6.07) is 42.8. The monoisotopic (exact) mass is 498 g/mol. The van der Waals surface area contributed by atoms with E-state index in [0.29, 0.717) is 11.4 Å². The van der Waals surface area contributed by atoms with Crippen LogP contribution in [0.3, 0.4) is 0 Å². The van der Waals surface area contributed by atoms with Crippen molar-refractivity contribution in [2.45, 2.75) is 0 Å². The zero-order valence-corrected chi connectivity index (χ0v) is 20.5. The molecule has 0 heterocycles. The van der Waals surface area contributed by atoms with Crippen molar-refractivity contribution >= 4 is 44.3 Å². The fourth-order valence-corrected chi connectivity index (χ4v) is 4.57. The van der Waals surface area contributed by atoms with E-state index >= 15 is 0 Å². The van der Waals surface area contributed by atoms with Gasteiger partial charge in [-0.05, 0) is 81.2 Å². The van der Waals surface area contributed by atoms with E-state index in [9.17, 15) is 10.4 Å². The van der Waals surface area contributed by atoms with Crippen LogP contribution in [0.2, 0.25) is 0 Å². The highest BCUT2D eigenvalue weighted by molar-refractivity contribution is 5.86. The Hall–Kier alpha value is -4.72. The maximum absolute atomic E-state index is 12.8. The topological polar surface area (TPSA) is 79.1 Å². The molecule has 0 fully saturated rings. The van der Waals surface area contributed by atoms with E-state index in [1.165, 1.54) is 0 Å². The summed E-state index contributed by atoms with van der Waals surface area (Å²) < 4.78 is 0. The molecule has 2 unspecified atom stereocenters. The van der Waals surface area contributed by atoms with Crippen molar-refractivity contribution in [3.05, 3.63) is 144 Å². The molecule has 0 saturated heterocycles. The Kier molecular flexibility index (Phi) is 6.44. The van der Waals surface area contributed by atoms with Gasteiger partial charge in [-0.15, -0.1) is 0 Å². The lowest BCUT2D eigenvalue weighted by molar-refractivity contribution is -0.750. The Morgan fingerprint density at radius 3 is 1.16 bits per heavy atom. The predicted molar refractivity (Wildman–Crippen MR) is 155 cm³/mol. The number of nitrogens with one attached hydrogen (secondary N) is 4. The van der Waals surface area contributed by atoms with Crippen molar-refractivity contribution in [3.8, 4) is 11.1 Å². The molecule has 6 heteroatoms. The third kappa shape index (κ3) is 5.06. The molecule has 0 aromatic heterocycles. The van der Waals surface area contributed by atoms with Crippen LogP contribution in [-0.4, -0.2) is 0 Å². The zero-order valence-electron chi connectivity index (χ0n) is 20.5. The molecule has 6 rings (SSSR count). The van der Waals surface area contributed by atoms with Gasteiger partial charge in [0, 0.05) is 24.3 Å². The highest BCUT2D eigenvalue weighted by atomic mass is 16.5. The molecule has 6 nitrogen and oxygen atoms in total.